The SMILES string of the molecule is COCn1ncc2c(Cl)ccc(S(=O)(=O)C(F)(F)F)c21. The first-order valence-electron chi connectivity index (χ1n) is 5.14. The number of alkyl halides is 3. The van der Waals surface area contributed by atoms with Gasteiger partial charge in [0.25, 0.3) is 9.84 Å². The Morgan fingerprint density at radius 2 is 2.05 bits per heavy atom. The van der Waals surface area contributed by atoms with Crippen molar-refractivity contribution in [3.8, 4) is 0 Å². The van der Waals surface area contributed by atoms with Crippen LogP contribution in [0.15, 0.2) is 23.2 Å². The molecule has 0 fully saturated rings. The standard InChI is InChI=1S/C10H8ClF3N2O3S/c1-19-5-16-9-6(4-15-16)7(11)2-3-8(9)20(17,18)10(12,13)14/h2-4H,5H2,1H3. The zero-order valence-corrected chi connectivity index (χ0v) is 11.6. The van der Waals surface area contributed by atoms with Gasteiger partial charge in [-0.15, -0.1) is 0 Å². The Kier molecular flexibility index (Phi) is 3.69. The molecular weight excluding hydrogens is 321 g/mol. The normalized spacial score (nSPS) is 13.1. The van der Waals surface area contributed by atoms with Crippen molar-refractivity contribution >= 4 is 32.3 Å². The average molecular weight is 329 g/mol. The first-order chi connectivity index (χ1) is 9.20. The summed E-state index contributed by atoms with van der Waals surface area (Å²) in [5, 5.41) is 3.98. The van der Waals surface area contributed by atoms with E-state index >= 15 is 0 Å². The number of sulfone groups is 1. The van der Waals surface area contributed by atoms with Crippen LogP contribution < -0.4 is 0 Å². The Labute approximate surface area is 116 Å². The molecule has 0 amide bonds. The number of nitrogens with zero attached hydrogens (tertiary/aromatic N) is 2. The van der Waals surface area contributed by atoms with E-state index in [0.717, 1.165) is 16.8 Å². The molecule has 2 aromatic rings. The Bertz CT molecular complexity index is 755. The van der Waals surface area contributed by atoms with Crippen molar-refractivity contribution in [2.24, 2.45) is 0 Å². The van der Waals surface area contributed by atoms with Crippen molar-refractivity contribution in [3.63, 3.8) is 0 Å². The molecule has 0 aliphatic carbocycles. The highest BCUT2D eigenvalue weighted by Gasteiger charge is 2.48. The van der Waals surface area contributed by atoms with Crippen molar-refractivity contribution in [1.82, 2.24) is 9.78 Å². The summed E-state index contributed by atoms with van der Waals surface area (Å²) in [4.78, 5) is -0.904. The Morgan fingerprint density at radius 3 is 2.60 bits per heavy atom. The second kappa shape index (κ2) is 4.90. The second-order valence-corrected chi connectivity index (χ2v) is 6.14. The van der Waals surface area contributed by atoms with Gasteiger partial charge < -0.3 is 4.74 Å². The van der Waals surface area contributed by atoms with E-state index in [4.69, 9.17) is 16.3 Å². The molecule has 0 saturated carbocycles. The molecule has 0 aliphatic rings. The number of benzene rings is 1. The number of fused-ring (bicyclic) bond motifs is 1. The van der Waals surface area contributed by atoms with Gasteiger partial charge in [-0.1, -0.05) is 11.6 Å². The second-order valence-electron chi connectivity index (χ2n) is 3.82. The van der Waals surface area contributed by atoms with Gasteiger partial charge in [-0.3, -0.25) is 0 Å². The summed E-state index contributed by atoms with van der Waals surface area (Å²) >= 11 is 5.84. The van der Waals surface area contributed by atoms with Crippen LogP contribution in [0.3, 0.4) is 0 Å². The van der Waals surface area contributed by atoms with Gasteiger partial charge in [0, 0.05) is 12.5 Å². The molecule has 0 saturated heterocycles. The number of hydrogen-bond donors (Lipinski definition) is 0. The molecule has 0 aliphatic heterocycles. The molecule has 5 nitrogen and oxygen atoms in total. The van der Waals surface area contributed by atoms with Crippen molar-refractivity contribution in [2.45, 2.75) is 17.1 Å². The molecule has 0 unspecified atom stereocenters. The number of ether oxygens (including phenoxy) is 1. The third-order valence-corrected chi connectivity index (χ3v) is 4.40. The lowest BCUT2D eigenvalue weighted by atomic mass is 10.2. The fourth-order valence-corrected chi connectivity index (χ4v) is 2.87. The van der Waals surface area contributed by atoms with E-state index in [0.29, 0.717) is 0 Å². The highest BCUT2D eigenvalue weighted by Crippen LogP contribution is 2.36. The van der Waals surface area contributed by atoms with Crippen LogP contribution in [0.4, 0.5) is 13.2 Å². The average Bonchev–Trinajstić information content (AvgIpc) is 2.73. The third-order valence-electron chi connectivity index (χ3n) is 2.56. The maximum Gasteiger partial charge on any atom is 0.501 e. The Morgan fingerprint density at radius 1 is 1.40 bits per heavy atom. The summed E-state index contributed by atoms with van der Waals surface area (Å²) in [6.07, 6.45) is 1.19. The molecule has 0 atom stereocenters. The van der Waals surface area contributed by atoms with Gasteiger partial charge in [-0.2, -0.15) is 18.3 Å². The van der Waals surface area contributed by atoms with Gasteiger partial charge in [-0.05, 0) is 12.1 Å². The molecule has 0 spiro atoms. The molecule has 0 bridgehead atoms. The van der Waals surface area contributed by atoms with E-state index in [1.807, 2.05) is 0 Å². The molecule has 2 rings (SSSR count). The lowest BCUT2D eigenvalue weighted by molar-refractivity contribution is -0.0435. The zero-order chi connectivity index (χ0) is 15.1. The summed E-state index contributed by atoms with van der Waals surface area (Å²) < 4.78 is 67.0. The molecule has 1 aromatic carbocycles. The van der Waals surface area contributed by atoms with Gasteiger partial charge in [0.2, 0.25) is 0 Å². The molecule has 1 heterocycles. The van der Waals surface area contributed by atoms with Crippen LogP contribution in [0.5, 0.6) is 0 Å². The van der Waals surface area contributed by atoms with Gasteiger partial charge in [0.05, 0.1) is 16.7 Å². The minimum Gasteiger partial charge on any atom is -0.362 e. The van der Waals surface area contributed by atoms with Crippen LogP contribution in [-0.4, -0.2) is 30.8 Å². The van der Waals surface area contributed by atoms with E-state index < -0.39 is 20.2 Å². The first-order valence-corrected chi connectivity index (χ1v) is 7.00. The Balaban J connectivity index is 2.84. The minimum atomic E-state index is -5.51. The quantitative estimate of drug-likeness (QED) is 0.869. The van der Waals surface area contributed by atoms with Crippen LogP contribution in [-0.2, 0) is 21.3 Å². The van der Waals surface area contributed by atoms with Crippen LogP contribution in [0.2, 0.25) is 5.02 Å². The number of rotatable bonds is 3. The number of methoxy groups -OCH3 is 1. The lowest BCUT2D eigenvalue weighted by Gasteiger charge is -2.11. The number of halogens is 4. The lowest BCUT2D eigenvalue weighted by Crippen LogP contribution is -2.24. The molecule has 0 radical (unpaired) electrons. The fraction of sp³-hybridized carbons (Fsp3) is 0.300. The van der Waals surface area contributed by atoms with E-state index in [1.54, 1.807) is 0 Å². The monoisotopic (exact) mass is 328 g/mol. The highest BCUT2D eigenvalue weighted by atomic mass is 35.5. The van der Waals surface area contributed by atoms with Gasteiger partial charge in [-0.25, -0.2) is 13.1 Å². The van der Waals surface area contributed by atoms with E-state index in [9.17, 15) is 21.6 Å². The van der Waals surface area contributed by atoms with Crippen molar-refractivity contribution < 1.29 is 26.3 Å². The topological polar surface area (TPSA) is 61.2 Å². The van der Waals surface area contributed by atoms with Gasteiger partial charge >= 0.3 is 5.51 Å². The summed E-state index contributed by atoms with van der Waals surface area (Å²) in [5.74, 6) is 0. The predicted molar refractivity (Wildman–Crippen MR) is 65.0 cm³/mol. The fourth-order valence-electron chi connectivity index (χ4n) is 1.70. The summed E-state index contributed by atoms with van der Waals surface area (Å²) in [5.41, 5.74) is -5.65. The predicted octanol–water partition coefficient (Wildman–Crippen LogP) is 2.59. The Hall–Kier alpha value is -1.32. The van der Waals surface area contributed by atoms with E-state index in [2.05, 4.69) is 5.10 Å². The first kappa shape index (κ1) is 15.1. The summed E-state index contributed by atoms with van der Waals surface area (Å²) in [6.45, 7) is -0.204. The summed E-state index contributed by atoms with van der Waals surface area (Å²) in [6, 6.07) is 1.89. The van der Waals surface area contributed by atoms with Crippen LogP contribution >= 0.6 is 11.6 Å². The largest absolute Gasteiger partial charge is 0.501 e. The molecular formula is C10H8ClF3N2O3S. The third kappa shape index (κ3) is 2.25. The van der Waals surface area contributed by atoms with Crippen molar-refractivity contribution in [1.29, 1.82) is 0 Å². The van der Waals surface area contributed by atoms with Gasteiger partial charge in [0.1, 0.15) is 11.6 Å². The van der Waals surface area contributed by atoms with Crippen LogP contribution in [0.1, 0.15) is 0 Å². The molecule has 10 heteroatoms. The highest BCUT2D eigenvalue weighted by molar-refractivity contribution is 7.92. The molecule has 0 N–H and O–H groups in total. The molecule has 110 valence electrons. The van der Waals surface area contributed by atoms with Crippen LogP contribution in [0.25, 0.3) is 10.9 Å². The maximum absolute atomic E-state index is 12.7. The summed E-state index contributed by atoms with van der Waals surface area (Å²) in [7, 11) is -4.20. The number of aromatic nitrogens is 2. The molecule has 20 heavy (non-hydrogen) atoms. The van der Waals surface area contributed by atoms with E-state index in [1.165, 1.54) is 13.3 Å². The van der Waals surface area contributed by atoms with Crippen molar-refractivity contribution in [2.75, 3.05) is 7.11 Å². The minimum absolute atomic E-state index is 0.100. The zero-order valence-electron chi connectivity index (χ0n) is 9.98. The van der Waals surface area contributed by atoms with Gasteiger partial charge in [0.15, 0.2) is 0 Å². The smallest absolute Gasteiger partial charge is 0.362 e. The van der Waals surface area contributed by atoms with Crippen LogP contribution in [0, 0.1) is 0 Å². The maximum atomic E-state index is 12.7. The van der Waals surface area contributed by atoms with E-state index in [-0.39, 0.29) is 22.7 Å². The number of hydrogen-bond acceptors (Lipinski definition) is 4. The molecule has 1 aromatic heterocycles. The van der Waals surface area contributed by atoms with Crippen molar-refractivity contribution in [3.05, 3.63) is 23.4 Å².